The molecular weight excluding hydrogens is 180 g/mol. The summed E-state index contributed by atoms with van der Waals surface area (Å²) in [7, 11) is 0. The van der Waals surface area contributed by atoms with E-state index in [1.54, 1.807) is 11.8 Å². The molecule has 70 valence electrons. The molecule has 0 spiro atoms. The molecule has 0 saturated carbocycles. The number of hydrogen-bond donors (Lipinski definition) is 1. The number of hydrogen-bond acceptors (Lipinski definition) is 2. The fourth-order valence-electron chi connectivity index (χ4n) is 1.11. The lowest BCUT2D eigenvalue weighted by Crippen LogP contribution is -1.99. The molecule has 0 saturated heterocycles. The average Bonchev–Trinajstić information content (AvgIpc) is 2.21. The van der Waals surface area contributed by atoms with Crippen molar-refractivity contribution in [2.75, 3.05) is 12.4 Å². The average molecular weight is 194 g/mol. The molecule has 0 fully saturated rings. The van der Waals surface area contributed by atoms with E-state index in [1.807, 2.05) is 36.4 Å². The summed E-state index contributed by atoms with van der Waals surface area (Å²) < 4.78 is 0. The molecular formula is C11H14OS. The molecule has 1 aromatic carbocycles. The fraction of sp³-hybridized carbons (Fsp3) is 0.273. The van der Waals surface area contributed by atoms with Gasteiger partial charge in [0.2, 0.25) is 0 Å². The summed E-state index contributed by atoms with van der Waals surface area (Å²) in [5, 5.41) is 9.33. The molecule has 0 aliphatic carbocycles. The number of thioether (sulfide) groups is 1. The molecule has 0 aliphatic rings. The maximum atomic E-state index is 9.15. The molecule has 1 unspecified atom stereocenters. The van der Waals surface area contributed by atoms with Crippen LogP contribution in [0.2, 0.25) is 0 Å². The zero-order chi connectivity index (χ0) is 9.52. The van der Waals surface area contributed by atoms with Crippen molar-refractivity contribution >= 4 is 11.8 Å². The molecule has 1 rings (SSSR count). The Hall–Kier alpha value is -0.730. The second-order valence-corrected chi connectivity index (χ2v) is 3.94. The summed E-state index contributed by atoms with van der Waals surface area (Å²) in [4.78, 5) is 0. The monoisotopic (exact) mass is 194 g/mol. The van der Waals surface area contributed by atoms with Gasteiger partial charge in [-0.1, -0.05) is 36.4 Å². The van der Waals surface area contributed by atoms with Crippen LogP contribution in [0.15, 0.2) is 43.0 Å². The highest BCUT2D eigenvalue weighted by molar-refractivity contribution is 7.99. The van der Waals surface area contributed by atoms with E-state index in [-0.39, 0.29) is 11.9 Å². The Labute approximate surface area is 83.5 Å². The second-order valence-electron chi connectivity index (χ2n) is 2.70. The number of benzene rings is 1. The summed E-state index contributed by atoms with van der Waals surface area (Å²) >= 11 is 1.71. The topological polar surface area (TPSA) is 20.2 Å². The van der Waals surface area contributed by atoms with E-state index in [4.69, 9.17) is 5.11 Å². The van der Waals surface area contributed by atoms with E-state index >= 15 is 0 Å². The first kappa shape index (κ1) is 10.4. The third kappa shape index (κ3) is 3.25. The third-order valence-corrected chi connectivity index (χ3v) is 3.00. The van der Waals surface area contributed by atoms with Gasteiger partial charge in [0.15, 0.2) is 0 Å². The molecule has 1 N–H and O–H groups in total. The van der Waals surface area contributed by atoms with Gasteiger partial charge in [0.25, 0.3) is 0 Å². The van der Waals surface area contributed by atoms with E-state index < -0.39 is 0 Å². The van der Waals surface area contributed by atoms with Crippen LogP contribution < -0.4 is 0 Å². The molecule has 0 radical (unpaired) electrons. The minimum Gasteiger partial charge on any atom is -0.395 e. The van der Waals surface area contributed by atoms with Crippen molar-refractivity contribution < 1.29 is 5.11 Å². The molecule has 13 heavy (non-hydrogen) atoms. The number of rotatable bonds is 5. The van der Waals surface area contributed by atoms with Crippen LogP contribution in [0.3, 0.4) is 0 Å². The Morgan fingerprint density at radius 1 is 1.38 bits per heavy atom. The summed E-state index contributed by atoms with van der Waals surface area (Å²) in [5.74, 6) is 0.875. The van der Waals surface area contributed by atoms with E-state index in [0.717, 1.165) is 5.75 Å². The van der Waals surface area contributed by atoms with Gasteiger partial charge in [-0.2, -0.15) is 0 Å². The summed E-state index contributed by atoms with van der Waals surface area (Å²) in [5.41, 5.74) is 1.18. The number of aliphatic hydroxyl groups excluding tert-OH is 1. The van der Waals surface area contributed by atoms with Gasteiger partial charge in [-0.15, -0.1) is 18.3 Å². The minimum atomic E-state index is 0.180. The molecule has 2 heteroatoms. The summed E-state index contributed by atoms with van der Waals surface area (Å²) in [6, 6.07) is 10.0. The normalized spacial score (nSPS) is 12.4. The lowest BCUT2D eigenvalue weighted by molar-refractivity contribution is 0.296. The second kappa shape index (κ2) is 5.84. The Morgan fingerprint density at radius 3 is 2.62 bits per heavy atom. The lowest BCUT2D eigenvalue weighted by Gasteiger charge is -2.12. The highest BCUT2D eigenvalue weighted by Gasteiger charge is 2.08. The maximum absolute atomic E-state index is 9.15. The molecule has 0 bridgehead atoms. The van der Waals surface area contributed by atoms with E-state index in [9.17, 15) is 0 Å². The van der Waals surface area contributed by atoms with Gasteiger partial charge in [-0.25, -0.2) is 0 Å². The Kier molecular flexibility index (Phi) is 4.65. The SMILES string of the molecule is C=CCSC(CO)c1ccccc1. The Morgan fingerprint density at radius 2 is 2.08 bits per heavy atom. The Bertz CT molecular complexity index is 246. The maximum Gasteiger partial charge on any atom is 0.0591 e. The molecule has 0 aromatic heterocycles. The van der Waals surface area contributed by atoms with E-state index in [0.29, 0.717) is 0 Å². The quantitative estimate of drug-likeness (QED) is 0.727. The minimum absolute atomic E-state index is 0.180. The van der Waals surface area contributed by atoms with Crippen LogP contribution in [0, 0.1) is 0 Å². The molecule has 1 nitrogen and oxygen atoms in total. The smallest absolute Gasteiger partial charge is 0.0591 e. The predicted octanol–water partition coefficient (Wildman–Crippen LogP) is 2.64. The zero-order valence-corrected chi connectivity index (χ0v) is 8.33. The number of aliphatic hydroxyl groups is 1. The molecule has 1 atom stereocenters. The first-order valence-electron chi connectivity index (χ1n) is 4.26. The summed E-state index contributed by atoms with van der Waals surface area (Å²) in [6.07, 6.45) is 1.86. The van der Waals surface area contributed by atoms with Crippen LogP contribution in [-0.4, -0.2) is 17.5 Å². The van der Waals surface area contributed by atoms with Gasteiger partial charge >= 0.3 is 0 Å². The molecule has 0 heterocycles. The van der Waals surface area contributed by atoms with Crippen LogP contribution in [0.1, 0.15) is 10.8 Å². The van der Waals surface area contributed by atoms with Crippen LogP contribution in [-0.2, 0) is 0 Å². The third-order valence-electron chi connectivity index (χ3n) is 1.75. The largest absolute Gasteiger partial charge is 0.395 e. The van der Waals surface area contributed by atoms with Crippen LogP contribution in [0.4, 0.5) is 0 Å². The van der Waals surface area contributed by atoms with Crippen molar-refractivity contribution in [3.05, 3.63) is 48.6 Å². The van der Waals surface area contributed by atoms with Crippen molar-refractivity contribution in [1.29, 1.82) is 0 Å². The van der Waals surface area contributed by atoms with Crippen LogP contribution in [0.5, 0.6) is 0 Å². The van der Waals surface area contributed by atoms with Crippen LogP contribution >= 0.6 is 11.8 Å². The van der Waals surface area contributed by atoms with Crippen molar-refractivity contribution in [3.63, 3.8) is 0 Å². The first-order chi connectivity index (χ1) is 6.38. The first-order valence-corrected chi connectivity index (χ1v) is 5.31. The van der Waals surface area contributed by atoms with Gasteiger partial charge in [0.05, 0.1) is 11.9 Å². The lowest BCUT2D eigenvalue weighted by atomic mass is 10.2. The van der Waals surface area contributed by atoms with Gasteiger partial charge in [-0.3, -0.25) is 0 Å². The van der Waals surface area contributed by atoms with E-state index in [2.05, 4.69) is 6.58 Å². The van der Waals surface area contributed by atoms with Crippen LogP contribution in [0.25, 0.3) is 0 Å². The Balaban J connectivity index is 2.61. The van der Waals surface area contributed by atoms with Crippen molar-refractivity contribution in [3.8, 4) is 0 Å². The van der Waals surface area contributed by atoms with Gasteiger partial charge in [0.1, 0.15) is 0 Å². The van der Waals surface area contributed by atoms with Crippen molar-refractivity contribution in [2.24, 2.45) is 0 Å². The fourth-order valence-corrected chi connectivity index (χ4v) is 1.93. The predicted molar refractivity (Wildman–Crippen MR) is 58.9 cm³/mol. The van der Waals surface area contributed by atoms with Gasteiger partial charge in [0, 0.05) is 5.75 Å². The molecule has 0 aliphatic heterocycles. The zero-order valence-electron chi connectivity index (χ0n) is 7.52. The van der Waals surface area contributed by atoms with Gasteiger partial charge in [-0.05, 0) is 5.56 Å². The van der Waals surface area contributed by atoms with Gasteiger partial charge < -0.3 is 5.11 Å². The highest BCUT2D eigenvalue weighted by Crippen LogP contribution is 2.27. The molecule has 1 aromatic rings. The molecule has 0 amide bonds. The van der Waals surface area contributed by atoms with E-state index in [1.165, 1.54) is 5.56 Å². The van der Waals surface area contributed by atoms with Crippen molar-refractivity contribution in [1.82, 2.24) is 0 Å². The van der Waals surface area contributed by atoms with Crippen molar-refractivity contribution in [2.45, 2.75) is 5.25 Å². The summed E-state index contributed by atoms with van der Waals surface area (Å²) in [6.45, 7) is 3.84. The highest BCUT2D eigenvalue weighted by atomic mass is 32.2. The standard InChI is InChI=1S/C11H14OS/c1-2-8-13-11(9-12)10-6-4-3-5-7-10/h2-7,11-12H,1,8-9H2.